The van der Waals surface area contributed by atoms with Crippen LogP contribution in [-0.4, -0.2) is 5.54 Å². The third-order valence-corrected chi connectivity index (χ3v) is 1.29. The van der Waals surface area contributed by atoms with Crippen LogP contribution in [0.15, 0.2) is 0 Å². The van der Waals surface area contributed by atoms with E-state index < -0.39 is 0 Å². The maximum Gasteiger partial charge on any atom is 0.0154 e. The summed E-state index contributed by atoms with van der Waals surface area (Å²) in [5.41, 5.74) is 5.56. The van der Waals surface area contributed by atoms with Crippen LogP contribution >= 0.6 is 0 Å². The molecule has 1 radical (unpaired) electrons. The predicted molar refractivity (Wildman–Crippen MR) is 32.9 cm³/mol. The molecule has 0 aromatic heterocycles. The van der Waals surface area contributed by atoms with Crippen molar-refractivity contribution in [1.82, 2.24) is 0 Å². The quantitative estimate of drug-likeness (QED) is 0.528. The van der Waals surface area contributed by atoms with Crippen molar-refractivity contribution in [1.29, 1.82) is 0 Å². The Hall–Kier alpha value is -0.0400. The number of hydrogen-bond donors (Lipinski definition) is 1. The van der Waals surface area contributed by atoms with Gasteiger partial charge in [-0.05, 0) is 19.8 Å². The van der Waals surface area contributed by atoms with Gasteiger partial charge in [-0.15, -0.1) is 0 Å². The summed E-state index contributed by atoms with van der Waals surface area (Å²) in [5.74, 6) is 1.27. The topological polar surface area (TPSA) is 26.0 Å². The molecule has 0 aliphatic carbocycles. The average molecular weight is 100 g/mol. The molecule has 0 spiro atoms. The zero-order valence-corrected chi connectivity index (χ0v) is 5.58. The Morgan fingerprint density at radius 3 is 1.43 bits per heavy atom. The molecule has 0 aromatic carbocycles. The highest BCUT2D eigenvalue weighted by molar-refractivity contribution is 4.98. The van der Waals surface area contributed by atoms with E-state index in [0.29, 0.717) is 0 Å². The Morgan fingerprint density at radius 1 is 1.29 bits per heavy atom. The minimum atomic E-state index is -0.0833. The second-order valence-electron chi connectivity index (χ2n) is 2.72. The van der Waals surface area contributed by atoms with Gasteiger partial charge in [0.25, 0.3) is 0 Å². The maximum atomic E-state index is 5.64. The van der Waals surface area contributed by atoms with Crippen LogP contribution in [0.1, 0.15) is 27.7 Å². The highest BCUT2D eigenvalue weighted by Gasteiger charge is 2.14. The molecule has 0 amide bonds. The summed E-state index contributed by atoms with van der Waals surface area (Å²) in [6.45, 7) is 8.09. The Bertz CT molecular complexity index is 49.7. The first-order valence-corrected chi connectivity index (χ1v) is 2.54. The van der Waals surface area contributed by atoms with Gasteiger partial charge in [0.1, 0.15) is 0 Å². The van der Waals surface area contributed by atoms with Gasteiger partial charge >= 0.3 is 0 Å². The molecule has 0 aromatic rings. The minimum Gasteiger partial charge on any atom is -0.325 e. The van der Waals surface area contributed by atoms with E-state index in [4.69, 9.17) is 5.73 Å². The Morgan fingerprint density at radius 2 is 1.43 bits per heavy atom. The van der Waals surface area contributed by atoms with Crippen LogP contribution in [0.5, 0.6) is 0 Å². The number of hydrogen-bond acceptors (Lipinski definition) is 1. The molecule has 0 bridgehead atoms. The fourth-order valence-electron chi connectivity index (χ4n) is 0. The first-order valence-electron chi connectivity index (χ1n) is 2.54. The fourth-order valence-corrected chi connectivity index (χ4v) is 0. The zero-order chi connectivity index (χ0) is 6.08. The van der Waals surface area contributed by atoms with Gasteiger partial charge in [0, 0.05) is 5.54 Å². The molecule has 1 heteroatoms. The summed E-state index contributed by atoms with van der Waals surface area (Å²) in [7, 11) is 0. The van der Waals surface area contributed by atoms with E-state index in [1.807, 2.05) is 27.7 Å². The van der Waals surface area contributed by atoms with E-state index in [9.17, 15) is 0 Å². The largest absolute Gasteiger partial charge is 0.325 e. The number of rotatable bonds is 1. The van der Waals surface area contributed by atoms with Gasteiger partial charge in [0.15, 0.2) is 0 Å². The molecule has 0 heterocycles. The second kappa shape index (κ2) is 1.83. The summed E-state index contributed by atoms with van der Waals surface area (Å²) >= 11 is 0. The van der Waals surface area contributed by atoms with Gasteiger partial charge in [-0.25, -0.2) is 0 Å². The normalized spacial score (nSPS) is 12.9. The molecule has 0 saturated heterocycles. The molecule has 43 valence electrons. The van der Waals surface area contributed by atoms with E-state index in [0.717, 1.165) is 0 Å². The zero-order valence-electron chi connectivity index (χ0n) is 5.58. The molecule has 0 rings (SSSR count). The van der Waals surface area contributed by atoms with Crippen molar-refractivity contribution in [3.63, 3.8) is 0 Å². The van der Waals surface area contributed by atoms with Crippen molar-refractivity contribution in [2.45, 2.75) is 33.2 Å². The van der Waals surface area contributed by atoms with Crippen molar-refractivity contribution < 1.29 is 0 Å². The van der Waals surface area contributed by atoms with Gasteiger partial charge in [-0.2, -0.15) is 0 Å². The Labute approximate surface area is 45.9 Å². The lowest BCUT2D eigenvalue weighted by atomic mass is 9.92. The lowest BCUT2D eigenvalue weighted by Gasteiger charge is -2.22. The first kappa shape index (κ1) is 6.96. The molecule has 0 unspecified atom stereocenters. The first-order chi connectivity index (χ1) is 2.94. The smallest absolute Gasteiger partial charge is 0.0154 e. The van der Waals surface area contributed by atoms with Crippen LogP contribution in [0.25, 0.3) is 0 Å². The van der Waals surface area contributed by atoms with E-state index in [1.54, 1.807) is 0 Å². The third-order valence-electron chi connectivity index (χ3n) is 1.29. The van der Waals surface area contributed by atoms with Crippen molar-refractivity contribution in [3.05, 3.63) is 5.92 Å². The highest BCUT2D eigenvalue weighted by Crippen LogP contribution is 2.12. The van der Waals surface area contributed by atoms with E-state index in [1.165, 1.54) is 5.92 Å². The molecule has 0 aliphatic heterocycles. The minimum absolute atomic E-state index is 0.0833. The summed E-state index contributed by atoms with van der Waals surface area (Å²) in [6.07, 6.45) is 0. The molecule has 0 aliphatic rings. The third kappa shape index (κ3) is 2.63. The van der Waals surface area contributed by atoms with Crippen LogP contribution in [0, 0.1) is 5.92 Å². The number of nitrogens with two attached hydrogens (primary N) is 1. The van der Waals surface area contributed by atoms with Gasteiger partial charge < -0.3 is 5.73 Å². The van der Waals surface area contributed by atoms with E-state index >= 15 is 0 Å². The highest BCUT2D eigenvalue weighted by atomic mass is 14.7. The lowest BCUT2D eigenvalue weighted by molar-refractivity contribution is 0.540. The lowest BCUT2D eigenvalue weighted by Crippen LogP contribution is -2.36. The average Bonchev–Trinajstić information content (AvgIpc) is 1.31. The molecule has 0 saturated carbocycles. The van der Waals surface area contributed by atoms with Gasteiger partial charge in [0.2, 0.25) is 0 Å². The van der Waals surface area contributed by atoms with Crippen molar-refractivity contribution in [2.24, 2.45) is 5.73 Å². The van der Waals surface area contributed by atoms with E-state index in [2.05, 4.69) is 0 Å². The summed E-state index contributed by atoms with van der Waals surface area (Å²) < 4.78 is 0. The van der Waals surface area contributed by atoms with Crippen molar-refractivity contribution in [2.75, 3.05) is 0 Å². The standard InChI is InChI=1S/C6H14N/c1-5(2)6(3,4)7/h7H2,1-4H3. The van der Waals surface area contributed by atoms with Gasteiger partial charge in [0.05, 0.1) is 0 Å². The van der Waals surface area contributed by atoms with Crippen LogP contribution in [0.3, 0.4) is 0 Å². The second-order valence-corrected chi connectivity index (χ2v) is 2.72. The van der Waals surface area contributed by atoms with Crippen LogP contribution in [0.4, 0.5) is 0 Å². The molecular formula is C6H14N. The summed E-state index contributed by atoms with van der Waals surface area (Å²) in [6, 6.07) is 0. The molecular weight excluding hydrogens is 86.1 g/mol. The van der Waals surface area contributed by atoms with E-state index in [-0.39, 0.29) is 5.54 Å². The molecule has 0 fully saturated rings. The van der Waals surface area contributed by atoms with Crippen LogP contribution in [-0.2, 0) is 0 Å². The Kier molecular flexibility index (Phi) is 1.82. The molecule has 2 N–H and O–H groups in total. The summed E-state index contributed by atoms with van der Waals surface area (Å²) in [4.78, 5) is 0. The summed E-state index contributed by atoms with van der Waals surface area (Å²) in [5, 5.41) is 0. The van der Waals surface area contributed by atoms with Crippen molar-refractivity contribution >= 4 is 0 Å². The predicted octanol–water partition coefficient (Wildman–Crippen LogP) is 1.34. The monoisotopic (exact) mass is 100 g/mol. The fraction of sp³-hybridized carbons (Fsp3) is 0.833. The maximum absolute atomic E-state index is 5.64. The molecule has 1 nitrogen and oxygen atoms in total. The van der Waals surface area contributed by atoms with Crippen molar-refractivity contribution in [3.8, 4) is 0 Å². The SMILES string of the molecule is C[C](C)C(C)(C)N. The van der Waals surface area contributed by atoms with Crippen LogP contribution in [0.2, 0.25) is 0 Å². The van der Waals surface area contributed by atoms with Crippen LogP contribution < -0.4 is 5.73 Å². The Balaban J connectivity index is 3.54. The van der Waals surface area contributed by atoms with Gasteiger partial charge in [-0.3, -0.25) is 0 Å². The molecule has 0 atom stereocenters. The van der Waals surface area contributed by atoms with Gasteiger partial charge in [-0.1, -0.05) is 13.8 Å². The molecule has 7 heavy (non-hydrogen) atoms.